The van der Waals surface area contributed by atoms with Crippen molar-refractivity contribution in [1.29, 1.82) is 0 Å². The highest BCUT2D eigenvalue weighted by Crippen LogP contribution is 2.32. The maximum absolute atomic E-state index is 10.5. The van der Waals surface area contributed by atoms with Crippen LogP contribution in [0.1, 0.15) is 38.2 Å². The molecule has 2 unspecified atom stereocenters. The maximum Gasteiger partial charge on any atom is 0.160 e. The second-order valence-corrected chi connectivity index (χ2v) is 6.04. The van der Waals surface area contributed by atoms with Crippen molar-refractivity contribution in [2.45, 2.75) is 44.8 Å². The lowest BCUT2D eigenvalue weighted by Crippen LogP contribution is -2.43. The van der Waals surface area contributed by atoms with E-state index in [2.05, 4.69) is 12.2 Å². The highest BCUT2D eigenvalue weighted by atomic mass is 16.5. The third-order valence-corrected chi connectivity index (χ3v) is 4.09. The summed E-state index contributed by atoms with van der Waals surface area (Å²) in [6, 6.07) is 5.31. The lowest BCUT2D eigenvalue weighted by atomic mass is 9.79. The lowest BCUT2D eigenvalue weighted by molar-refractivity contribution is -0.0119. The molecule has 20 heavy (non-hydrogen) atoms. The minimum atomic E-state index is -0.571. The molecule has 0 saturated heterocycles. The van der Waals surface area contributed by atoms with Gasteiger partial charge in [0.05, 0.1) is 12.7 Å². The van der Waals surface area contributed by atoms with Gasteiger partial charge in [0.25, 0.3) is 0 Å². The number of benzene rings is 1. The summed E-state index contributed by atoms with van der Waals surface area (Å²) in [4.78, 5) is 0. The molecule has 1 aromatic rings. The van der Waals surface area contributed by atoms with Gasteiger partial charge in [-0.15, -0.1) is 0 Å². The summed E-state index contributed by atoms with van der Waals surface area (Å²) < 4.78 is 5.09. The number of hydrogen-bond acceptors (Lipinski definition) is 4. The van der Waals surface area contributed by atoms with Gasteiger partial charge >= 0.3 is 0 Å². The first-order chi connectivity index (χ1) is 9.52. The molecule has 1 aromatic carbocycles. The minimum absolute atomic E-state index is 0.149. The zero-order valence-corrected chi connectivity index (χ0v) is 12.4. The van der Waals surface area contributed by atoms with Gasteiger partial charge in [-0.05, 0) is 36.5 Å². The van der Waals surface area contributed by atoms with Crippen LogP contribution in [-0.2, 0) is 6.54 Å². The second kappa shape index (κ2) is 6.46. The number of hydrogen-bond donors (Lipinski definition) is 3. The monoisotopic (exact) mass is 279 g/mol. The van der Waals surface area contributed by atoms with Crippen LogP contribution >= 0.6 is 0 Å². The Labute approximate surface area is 120 Å². The molecule has 2 atom stereocenters. The number of aliphatic hydroxyl groups is 1. The van der Waals surface area contributed by atoms with Crippen molar-refractivity contribution in [1.82, 2.24) is 5.32 Å². The van der Waals surface area contributed by atoms with E-state index in [0.29, 0.717) is 24.8 Å². The molecule has 3 N–H and O–H groups in total. The predicted octanol–water partition coefficient (Wildman–Crippen LogP) is 2.43. The number of rotatable bonds is 5. The molecule has 2 rings (SSSR count). The molecule has 0 radical (unpaired) electrons. The summed E-state index contributed by atoms with van der Waals surface area (Å²) >= 11 is 0. The van der Waals surface area contributed by atoms with Crippen LogP contribution in [0.15, 0.2) is 18.2 Å². The lowest BCUT2D eigenvalue weighted by Gasteiger charge is -2.35. The molecule has 1 saturated carbocycles. The van der Waals surface area contributed by atoms with Gasteiger partial charge in [0.2, 0.25) is 0 Å². The first-order valence-electron chi connectivity index (χ1n) is 7.31. The Bertz CT molecular complexity index is 449. The average Bonchev–Trinajstić information content (AvgIpc) is 2.40. The molecule has 1 aliphatic rings. The summed E-state index contributed by atoms with van der Waals surface area (Å²) in [6.07, 6.45) is 4.08. The molecule has 1 fully saturated rings. The molecule has 0 spiro atoms. The first kappa shape index (κ1) is 15.1. The predicted molar refractivity (Wildman–Crippen MR) is 78.9 cm³/mol. The molecule has 0 aromatic heterocycles. The van der Waals surface area contributed by atoms with E-state index in [1.54, 1.807) is 13.2 Å². The van der Waals surface area contributed by atoms with Crippen molar-refractivity contribution >= 4 is 0 Å². The Hall–Kier alpha value is -1.26. The highest BCUT2D eigenvalue weighted by molar-refractivity contribution is 5.41. The fraction of sp³-hybridized carbons (Fsp3) is 0.625. The van der Waals surface area contributed by atoms with E-state index in [9.17, 15) is 10.2 Å². The summed E-state index contributed by atoms with van der Waals surface area (Å²) in [5, 5.41) is 23.4. The zero-order valence-electron chi connectivity index (χ0n) is 12.4. The Kier molecular flexibility index (Phi) is 4.89. The molecular weight excluding hydrogens is 254 g/mol. The Morgan fingerprint density at radius 2 is 2.25 bits per heavy atom. The van der Waals surface area contributed by atoms with Crippen molar-refractivity contribution in [3.8, 4) is 11.5 Å². The van der Waals surface area contributed by atoms with Crippen molar-refractivity contribution in [2.24, 2.45) is 5.92 Å². The fourth-order valence-electron chi connectivity index (χ4n) is 3.06. The topological polar surface area (TPSA) is 61.7 Å². The summed E-state index contributed by atoms with van der Waals surface area (Å²) in [5.41, 5.74) is 0.464. The van der Waals surface area contributed by atoms with Crippen LogP contribution in [-0.4, -0.2) is 29.5 Å². The second-order valence-electron chi connectivity index (χ2n) is 6.04. The number of phenolic OH excluding ortho intramolecular Hbond substituents is 1. The molecule has 0 aliphatic heterocycles. The van der Waals surface area contributed by atoms with Crippen molar-refractivity contribution in [3.05, 3.63) is 23.8 Å². The van der Waals surface area contributed by atoms with Crippen LogP contribution in [0.25, 0.3) is 0 Å². The highest BCUT2D eigenvalue weighted by Gasteiger charge is 2.31. The third kappa shape index (κ3) is 3.87. The Balaban J connectivity index is 1.86. The van der Waals surface area contributed by atoms with Crippen LogP contribution in [0, 0.1) is 5.92 Å². The van der Waals surface area contributed by atoms with Gasteiger partial charge in [-0.1, -0.05) is 25.8 Å². The number of phenols is 1. The van der Waals surface area contributed by atoms with Crippen LogP contribution in [0.4, 0.5) is 0 Å². The smallest absolute Gasteiger partial charge is 0.160 e. The van der Waals surface area contributed by atoms with Gasteiger partial charge in [-0.2, -0.15) is 0 Å². The van der Waals surface area contributed by atoms with Crippen LogP contribution in [0.2, 0.25) is 0 Å². The molecule has 4 heteroatoms. The van der Waals surface area contributed by atoms with E-state index in [-0.39, 0.29) is 5.75 Å². The summed E-state index contributed by atoms with van der Waals surface area (Å²) in [7, 11) is 1.54. The molecule has 4 nitrogen and oxygen atoms in total. The Morgan fingerprint density at radius 1 is 1.45 bits per heavy atom. The van der Waals surface area contributed by atoms with E-state index >= 15 is 0 Å². The number of ether oxygens (including phenoxy) is 1. The summed E-state index contributed by atoms with van der Waals surface area (Å²) in [6.45, 7) is 3.48. The molecule has 0 heterocycles. The SMILES string of the molecule is COc1cc(CNCC2(O)CCCC(C)C2)ccc1O. The van der Waals surface area contributed by atoms with Gasteiger partial charge in [0, 0.05) is 13.1 Å². The van der Waals surface area contributed by atoms with E-state index in [4.69, 9.17) is 4.74 Å². The van der Waals surface area contributed by atoms with Crippen molar-refractivity contribution in [2.75, 3.05) is 13.7 Å². The maximum atomic E-state index is 10.5. The number of nitrogens with one attached hydrogen (secondary N) is 1. The molecular formula is C16H25NO3. The van der Waals surface area contributed by atoms with Crippen LogP contribution in [0.5, 0.6) is 11.5 Å². The van der Waals surface area contributed by atoms with Gasteiger partial charge in [-0.3, -0.25) is 0 Å². The minimum Gasteiger partial charge on any atom is -0.504 e. The van der Waals surface area contributed by atoms with E-state index in [1.165, 1.54) is 6.42 Å². The van der Waals surface area contributed by atoms with Gasteiger partial charge < -0.3 is 20.3 Å². The first-order valence-corrected chi connectivity index (χ1v) is 7.31. The third-order valence-electron chi connectivity index (χ3n) is 4.09. The van der Waals surface area contributed by atoms with E-state index in [0.717, 1.165) is 24.8 Å². The average molecular weight is 279 g/mol. The van der Waals surface area contributed by atoms with Gasteiger partial charge in [0.1, 0.15) is 0 Å². The number of aromatic hydroxyl groups is 1. The fourth-order valence-corrected chi connectivity index (χ4v) is 3.06. The van der Waals surface area contributed by atoms with E-state index in [1.807, 2.05) is 12.1 Å². The Morgan fingerprint density at radius 3 is 2.95 bits per heavy atom. The van der Waals surface area contributed by atoms with Gasteiger partial charge in [-0.25, -0.2) is 0 Å². The quantitative estimate of drug-likeness (QED) is 0.774. The van der Waals surface area contributed by atoms with Gasteiger partial charge in [0.15, 0.2) is 11.5 Å². The van der Waals surface area contributed by atoms with Crippen LogP contribution in [0.3, 0.4) is 0 Å². The molecule has 1 aliphatic carbocycles. The number of methoxy groups -OCH3 is 1. The van der Waals surface area contributed by atoms with Crippen molar-refractivity contribution in [3.63, 3.8) is 0 Å². The van der Waals surface area contributed by atoms with Crippen molar-refractivity contribution < 1.29 is 14.9 Å². The molecule has 112 valence electrons. The van der Waals surface area contributed by atoms with E-state index < -0.39 is 5.60 Å². The zero-order chi connectivity index (χ0) is 14.6. The summed E-state index contributed by atoms with van der Waals surface area (Å²) in [5.74, 6) is 1.23. The normalized spacial score (nSPS) is 26.4. The largest absolute Gasteiger partial charge is 0.504 e. The molecule has 0 amide bonds. The van der Waals surface area contributed by atoms with Crippen LogP contribution < -0.4 is 10.1 Å². The standard InChI is InChI=1S/C16H25NO3/c1-12-4-3-7-16(19,9-12)11-17-10-13-5-6-14(18)15(8-13)20-2/h5-6,8,12,17-19H,3-4,7,9-11H2,1-2H3. The molecule has 0 bridgehead atoms.